The molecule has 10 heteroatoms. The van der Waals surface area contributed by atoms with Crippen LogP contribution in [0.25, 0.3) is 68.9 Å². The number of ether oxygens (including phenoxy) is 2. The highest BCUT2D eigenvalue weighted by Crippen LogP contribution is 2.34. The summed E-state index contributed by atoms with van der Waals surface area (Å²) in [4.78, 5) is 46.9. The Morgan fingerprint density at radius 3 is 1.69 bits per heavy atom. The fourth-order valence-electron chi connectivity index (χ4n) is 6.26. The molecule has 8 bridgehead atoms. The lowest BCUT2D eigenvalue weighted by atomic mass is 10.0. The zero-order valence-corrected chi connectivity index (χ0v) is 26.9. The molecule has 0 radical (unpaired) electrons. The van der Waals surface area contributed by atoms with E-state index in [1.165, 1.54) is 14.2 Å². The normalized spacial score (nSPS) is 12.0. The largest absolute Gasteiger partial charge is 0.469 e. The number of carbonyl (C=O) groups is 2. The quantitative estimate of drug-likeness (QED) is 0.173. The molecular formula is C38H34N6O4. The number of esters is 2. The Labute approximate surface area is 276 Å². The standard InChI is InChI=1S/C38H34N6O4/c1-44-22-21-39-38(44)37-32-17-13-28(42-32)24(9-19-34(45)47-2)26-11-15-30(40-26)36(23-7-5-4-6-8-23)31-16-12-27(41-31)25(10-20-35(46)48-3)29-14-18-33(37)43-29/h4-8,11-18,21-22,40,43H,9-10,19-20H2,1-3H3. The molecule has 0 saturated carbocycles. The molecule has 5 aromatic rings. The van der Waals surface area contributed by atoms with Crippen LogP contribution in [0.15, 0.2) is 67.0 Å². The number of aromatic nitrogens is 6. The van der Waals surface area contributed by atoms with Crippen molar-refractivity contribution in [2.45, 2.75) is 25.7 Å². The number of rotatable bonds is 8. The van der Waals surface area contributed by atoms with Crippen molar-refractivity contribution in [1.29, 1.82) is 0 Å². The van der Waals surface area contributed by atoms with Crippen molar-refractivity contribution in [3.8, 4) is 22.5 Å². The number of aryl methyl sites for hydroxylation is 3. The number of aromatic amines is 2. The number of H-pyrrole nitrogens is 2. The molecule has 48 heavy (non-hydrogen) atoms. The maximum Gasteiger partial charge on any atom is 0.305 e. The van der Waals surface area contributed by atoms with Gasteiger partial charge in [0.05, 0.1) is 48.1 Å². The van der Waals surface area contributed by atoms with Crippen molar-refractivity contribution in [2.75, 3.05) is 14.2 Å². The Morgan fingerprint density at radius 1 is 0.667 bits per heavy atom. The van der Waals surface area contributed by atoms with E-state index in [2.05, 4.69) is 27.1 Å². The van der Waals surface area contributed by atoms with Crippen molar-refractivity contribution in [1.82, 2.24) is 29.5 Å². The van der Waals surface area contributed by atoms with E-state index in [4.69, 9.17) is 19.4 Å². The summed E-state index contributed by atoms with van der Waals surface area (Å²) in [5, 5.41) is 0. The number of hydrogen-bond acceptors (Lipinski definition) is 7. The number of benzene rings is 1. The van der Waals surface area contributed by atoms with Gasteiger partial charge >= 0.3 is 11.9 Å². The molecule has 7 rings (SSSR count). The zero-order chi connectivity index (χ0) is 33.2. The summed E-state index contributed by atoms with van der Waals surface area (Å²) < 4.78 is 11.9. The van der Waals surface area contributed by atoms with Gasteiger partial charge in [-0.25, -0.2) is 15.0 Å². The van der Waals surface area contributed by atoms with E-state index >= 15 is 0 Å². The second-order valence-electron chi connectivity index (χ2n) is 11.6. The van der Waals surface area contributed by atoms with E-state index in [1.807, 2.05) is 84.6 Å². The first-order valence-corrected chi connectivity index (χ1v) is 15.7. The van der Waals surface area contributed by atoms with Crippen LogP contribution >= 0.6 is 0 Å². The summed E-state index contributed by atoms with van der Waals surface area (Å²) in [7, 11) is 4.74. The Bertz CT molecular complexity index is 2260. The fourth-order valence-corrected chi connectivity index (χ4v) is 6.26. The highest BCUT2D eigenvalue weighted by molar-refractivity contribution is 5.93. The van der Waals surface area contributed by atoms with E-state index in [0.717, 1.165) is 78.5 Å². The maximum absolute atomic E-state index is 12.3. The smallest absolute Gasteiger partial charge is 0.305 e. The van der Waals surface area contributed by atoms with Crippen molar-refractivity contribution in [3.63, 3.8) is 0 Å². The Balaban J connectivity index is 1.61. The molecule has 2 aliphatic heterocycles. The summed E-state index contributed by atoms with van der Waals surface area (Å²) in [6, 6.07) is 18.2. The number of fused-ring (bicyclic) bond motifs is 8. The van der Waals surface area contributed by atoms with E-state index in [9.17, 15) is 9.59 Å². The summed E-state index contributed by atoms with van der Waals surface area (Å²) in [5.74, 6) is 0.146. The first-order chi connectivity index (χ1) is 23.4. The van der Waals surface area contributed by atoms with Gasteiger partial charge in [-0.2, -0.15) is 0 Å². The van der Waals surface area contributed by atoms with E-state index < -0.39 is 0 Å². The monoisotopic (exact) mass is 638 g/mol. The van der Waals surface area contributed by atoms with Gasteiger partial charge in [-0.1, -0.05) is 30.3 Å². The second-order valence-corrected chi connectivity index (χ2v) is 11.6. The maximum atomic E-state index is 12.3. The minimum absolute atomic E-state index is 0.200. The molecule has 0 spiro atoms. The summed E-state index contributed by atoms with van der Waals surface area (Å²) in [5.41, 5.74) is 10.9. The van der Waals surface area contributed by atoms with Crippen LogP contribution in [0.4, 0.5) is 0 Å². The molecule has 0 saturated heterocycles. The number of imidazole rings is 1. The Morgan fingerprint density at radius 2 is 1.17 bits per heavy atom. The Kier molecular flexibility index (Phi) is 8.29. The van der Waals surface area contributed by atoms with Crippen LogP contribution in [0.1, 0.15) is 46.7 Å². The molecule has 1 aromatic carbocycles. The van der Waals surface area contributed by atoms with Gasteiger partial charge in [0, 0.05) is 65.5 Å². The van der Waals surface area contributed by atoms with Crippen molar-refractivity contribution in [3.05, 3.63) is 101 Å². The lowest BCUT2D eigenvalue weighted by molar-refractivity contribution is -0.141. The molecule has 2 N–H and O–H groups in total. The summed E-state index contributed by atoms with van der Waals surface area (Å²) in [6.45, 7) is 0. The average molecular weight is 639 g/mol. The zero-order valence-electron chi connectivity index (χ0n) is 26.9. The second kappa shape index (κ2) is 13.0. The number of hydrogen-bond donors (Lipinski definition) is 2. The lowest BCUT2D eigenvalue weighted by Gasteiger charge is -2.06. The summed E-state index contributed by atoms with van der Waals surface area (Å²) in [6.07, 6.45) is 12.9. The molecule has 240 valence electrons. The van der Waals surface area contributed by atoms with Crippen molar-refractivity contribution >= 4 is 58.3 Å². The van der Waals surface area contributed by atoms with Crippen LogP contribution in [0.3, 0.4) is 0 Å². The van der Waals surface area contributed by atoms with Gasteiger partial charge in [0.1, 0.15) is 5.82 Å². The third-order valence-corrected chi connectivity index (χ3v) is 8.69. The highest BCUT2D eigenvalue weighted by atomic mass is 16.5. The fraction of sp³-hybridized carbons (Fsp3) is 0.184. The van der Waals surface area contributed by atoms with Crippen LogP contribution in [0.2, 0.25) is 0 Å². The van der Waals surface area contributed by atoms with Crippen LogP contribution < -0.4 is 0 Å². The molecule has 0 unspecified atom stereocenters. The molecule has 6 heterocycles. The van der Waals surface area contributed by atoms with Crippen LogP contribution in [-0.4, -0.2) is 55.6 Å². The predicted molar refractivity (Wildman–Crippen MR) is 187 cm³/mol. The van der Waals surface area contributed by atoms with E-state index in [1.54, 1.807) is 6.20 Å². The van der Waals surface area contributed by atoms with Crippen molar-refractivity contribution < 1.29 is 19.1 Å². The molecule has 0 fully saturated rings. The van der Waals surface area contributed by atoms with Crippen LogP contribution in [0, 0.1) is 0 Å². The van der Waals surface area contributed by atoms with Crippen LogP contribution in [0.5, 0.6) is 0 Å². The van der Waals surface area contributed by atoms with Gasteiger partial charge in [0.2, 0.25) is 0 Å². The molecule has 0 aliphatic carbocycles. The SMILES string of the molecule is COC(=O)CCc1c2nc(c(-c3nccn3C)c3ccc([nH]3)c(CCC(=O)OC)c3nc(c(-c4ccccc4)c4ccc1[nH]4)C=C3)C=C2. The molecule has 10 nitrogen and oxygen atoms in total. The lowest BCUT2D eigenvalue weighted by Crippen LogP contribution is -2.03. The molecule has 0 amide bonds. The minimum Gasteiger partial charge on any atom is -0.469 e. The van der Waals surface area contributed by atoms with Gasteiger partial charge in [0.15, 0.2) is 0 Å². The number of carbonyl (C=O) groups excluding carboxylic acids is 2. The predicted octanol–water partition coefficient (Wildman–Crippen LogP) is 6.93. The first-order valence-electron chi connectivity index (χ1n) is 15.7. The molecular weight excluding hydrogens is 604 g/mol. The Hall–Kier alpha value is -6.03. The highest BCUT2D eigenvalue weighted by Gasteiger charge is 2.19. The first kappa shape index (κ1) is 30.6. The topological polar surface area (TPSA) is 128 Å². The van der Waals surface area contributed by atoms with Crippen LogP contribution in [-0.2, 0) is 39.0 Å². The van der Waals surface area contributed by atoms with Gasteiger partial charge in [-0.3, -0.25) is 9.59 Å². The summed E-state index contributed by atoms with van der Waals surface area (Å²) >= 11 is 0. The number of methoxy groups -OCH3 is 2. The third kappa shape index (κ3) is 5.84. The van der Waals surface area contributed by atoms with Gasteiger partial charge < -0.3 is 24.0 Å². The van der Waals surface area contributed by atoms with Gasteiger partial charge in [-0.15, -0.1) is 0 Å². The number of nitrogens with zero attached hydrogens (tertiary/aromatic N) is 4. The molecule has 0 atom stereocenters. The minimum atomic E-state index is -0.295. The molecule has 4 aromatic heterocycles. The average Bonchev–Trinajstić information content (AvgIpc) is 3.95. The third-order valence-electron chi connectivity index (χ3n) is 8.69. The van der Waals surface area contributed by atoms with E-state index in [0.29, 0.717) is 12.8 Å². The number of nitrogens with one attached hydrogen (secondary N) is 2. The van der Waals surface area contributed by atoms with Crippen molar-refractivity contribution in [2.24, 2.45) is 7.05 Å². The van der Waals surface area contributed by atoms with E-state index in [-0.39, 0.29) is 24.8 Å². The van der Waals surface area contributed by atoms with Gasteiger partial charge in [-0.05, 0) is 67.0 Å². The van der Waals surface area contributed by atoms with Gasteiger partial charge in [0.25, 0.3) is 0 Å². The molecule has 2 aliphatic rings.